The highest BCUT2D eigenvalue weighted by Gasteiger charge is 1.74. The van der Waals surface area contributed by atoms with E-state index in [-0.39, 0.29) is 0 Å². The molecule has 0 amide bonds. The minimum absolute atomic E-state index is 0.755. The maximum absolute atomic E-state index is 6.66. The fourth-order valence-electron chi connectivity index (χ4n) is 0.308. The summed E-state index contributed by atoms with van der Waals surface area (Å²) in [6.45, 7) is 3.49. The molecule has 1 N–H and O–H groups in total. The summed E-state index contributed by atoms with van der Waals surface area (Å²) in [5.41, 5.74) is 0. The van der Waals surface area contributed by atoms with E-state index in [1.54, 1.807) is 24.3 Å². The lowest BCUT2D eigenvalue weighted by Gasteiger charge is -1.81. The molecular formula is C7H9NS. The number of hydrogen-bond donors (Lipinski definition) is 2. The van der Waals surface area contributed by atoms with Crippen molar-refractivity contribution in [3.63, 3.8) is 0 Å². The van der Waals surface area contributed by atoms with E-state index in [9.17, 15) is 0 Å². The van der Waals surface area contributed by atoms with Crippen molar-refractivity contribution in [2.45, 2.75) is 0 Å². The molecule has 0 aromatic carbocycles. The Kier molecular flexibility index (Phi) is 4.92. The Labute approximate surface area is 60.7 Å². The third kappa shape index (κ3) is 5.11. The molecule has 0 aliphatic rings. The van der Waals surface area contributed by atoms with Crippen LogP contribution >= 0.6 is 12.6 Å². The van der Waals surface area contributed by atoms with Crippen LogP contribution < -0.4 is 0 Å². The molecule has 48 valence electrons. The summed E-state index contributed by atoms with van der Waals surface area (Å²) in [6, 6.07) is 0. The highest BCUT2D eigenvalue weighted by Crippen LogP contribution is 1.99. The third-order valence-electron chi connectivity index (χ3n) is 0.657. The summed E-state index contributed by atoms with van der Waals surface area (Å²) in [5.74, 6) is 0. The Morgan fingerprint density at radius 1 is 1.56 bits per heavy atom. The SMILES string of the molecule is C=C/C=C\C(S)=C/C=N. The molecule has 2 heteroatoms. The van der Waals surface area contributed by atoms with Gasteiger partial charge in [0.2, 0.25) is 0 Å². The third-order valence-corrected chi connectivity index (χ3v) is 0.955. The zero-order chi connectivity index (χ0) is 7.11. The van der Waals surface area contributed by atoms with Gasteiger partial charge in [-0.25, -0.2) is 0 Å². The van der Waals surface area contributed by atoms with Crippen LogP contribution in [-0.2, 0) is 0 Å². The van der Waals surface area contributed by atoms with E-state index in [0.717, 1.165) is 4.91 Å². The molecule has 0 fully saturated rings. The predicted octanol–water partition coefficient (Wildman–Crippen LogP) is 2.19. The van der Waals surface area contributed by atoms with Crippen molar-refractivity contribution in [3.8, 4) is 0 Å². The lowest BCUT2D eigenvalue weighted by molar-refractivity contribution is 1.58. The second-order valence-corrected chi connectivity index (χ2v) is 1.87. The molecule has 0 atom stereocenters. The van der Waals surface area contributed by atoms with Crippen molar-refractivity contribution in [2.24, 2.45) is 0 Å². The Balaban J connectivity index is 3.88. The van der Waals surface area contributed by atoms with Gasteiger partial charge in [-0.2, -0.15) is 0 Å². The second kappa shape index (κ2) is 5.38. The topological polar surface area (TPSA) is 23.9 Å². The van der Waals surface area contributed by atoms with Gasteiger partial charge in [0.1, 0.15) is 0 Å². The lowest BCUT2D eigenvalue weighted by Crippen LogP contribution is -1.63. The van der Waals surface area contributed by atoms with Crippen molar-refractivity contribution in [1.29, 1.82) is 5.41 Å². The van der Waals surface area contributed by atoms with Crippen LogP contribution in [0.15, 0.2) is 35.8 Å². The van der Waals surface area contributed by atoms with Gasteiger partial charge in [0, 0.05) is 11.1 Å². The fourth-order valence-corrected chi connectivity index (χ4v) is 0.468. The number of rotatable bonds is 3. The highest BCUT2D eigenvalue weighted by molar-refractivity contribution is 7.84. The largest absolute Gasteiger partial charge is 0.309 e. The lowest BCUT2D eigenvalue weighted by atomic mass is 10.4. The van der Waals surface area contributed by atoms with E-state index in [1.165, 1.54) is 6.21 Å². The van der Waals surface area contributed by atoms with Gasteiger partial charge < -0.3 is 5.41 Å². The summed E-state index contributed by atoms with van der Waals surface area (Å²) in [5, 5.41) is 6.66. The molecule has 9 heavy (non-hydrogen) atoms. The van der Waals surface area contributed by atoms with Gasteiger partial charge in [0.05, 0.1) is 0 Å². The average Bonchev–Trinajstić information content (AvgIpc) is 1.85. The standard InChI is InChI=1S/C7H9NS/c1-2-3-4-7(9)5-6-8/h2-6,8-9H,1H2/b4-3-,7-5+,8-6?. The van der Waals surface area contributed by atoms with Crippen LogP contribution in [0, 0.1) is 5.41 Å². The number of nitrogens with one attached hydrogen (secondary N) is 1. The van der Waals surface area contributed by atoms with E-state index >= 15 is 0 Å². The average molecular weight is 139 g/mol. The van der Waals surface area contributed by atoms with Crippen molar-refractivity contribution < 1.29 is 0 Å². The Morgan fingerprint density at radius 3 is 2.67 bits per heavy atom. The van der Waals surface area contributed by atoms with E-state index in [1.807, 2.05) is 0 Å². The van der Waals surface area contributed by atoms with Gasteiger partial charge in [-0.3, -0.25) is 0 Å². The van der Waals surface area contributed by atoms with Gasteiger partial charge >= 0.3 is 0 Å². The Bertz CT molecular complexity index is 156. The van der Waals surface area contributed by atoms with Crippen molar-refractivity contribution >= 4 is 18.8 Å². The quantitative estimate of drug-likeness (QED) is 0.340. The summed E-state index contributed by atoms with van der Waals surface area (Å²) >= 11 is 4.02. The van der Waals surface area contributed by atoms with Crippen LogP contribution in [0.5, 0.6) is 0 Å². The van der Waals surface area contributed by atoms with Crippen molar-refractivity contribution in [3.05, 3.63) is 35.8 Å². The smallest absolute Gasteiger partial charge is 0.0188 e. The van der Waals surface area contributed by atoms with Crippen molar-refractivity contribution in [2.75, 3.05) is 0 Å². The molecule has 0 rings (SSSR count). The van der Waals surface area contributed by atoms with Gasteiger partial charge in [0.15, 0.2) is 0 Å². The molecule has 0 aliphatic carbocycles. The maximum Gasteiger partial charge on any atom is 0.0188 e. The van der Waals surface area contributed by atoms with Crippen LogP contribution in [0.2, 0.25) is 0 Å². The van der Waals surface area contributed by atoms with Crippen LogP contribution in [0.25, 0.3) is 0 Å². The molecule has 0 unspecified atom stereocenters. The highest BCUT2D eigenvalue weighted by atomic mass is 32.1. The first-order chi connectivity index (χ1) is 4.31. The summed E-state index contributed by atoms with van der Waals surface area (Å²) in [4.78, 5) is 0.755. The monoisotopic (exact) mass is 139 g/mol. The zero-order valence-corrected chi connectivity index (χ0v) is 5.94. The maximum atomic E-state index is 6.66. The van der Waals surface area contributed by atoms with Crippen LogP contribution in [-0.4, -0.2) is 6.21 Å². The number of hydrogen-bond acceptors (Lipinski definition) is 2. The minimum Gasteiger partial charge on any atom is -0.309 e. The van der Waals surface area contributed by atoms with Crippen LogP contribution in [0.4, 0.5) is 0 Å². The molecule has 0 spiro atoms. The molecular weight excluding hydrogens is 130 g/mol. The molecule has 0 aromatic rings. The van der Waals surface area contributed by atoms with E-state index < -0.39 is 0 Å². The number of thiol groups is 1. The zero-order valence-electron chi connectivity index (χ0n) is 5.04. The molecule has 0 saturated carbocycles. The molecule has 0 aromatic heterocycles. The minimum atomic E-state index is 0.755. The van der Waals surface area contributed by atoms with E-state index in [2.05, 4.69) is 19.2 Å². The summed E-state index contributed by atoms with van der Waals surface area (Å²) in [6.07, 6.45) is 7.97. The van der Waals surface area contributed by atoms with Gasteiger partial charge in [-0.1, -0.05) is 18.7 Å². The van der Waals surface area contributed by atoms with E-state index in [4.69, 9.17) is 5.41 Å². The Morgan fingerprint density at radius 2 is 2.22 bits per heavy atom. The molecule has 0 aliphatic heterocycles. The van der Waals surface area contributed by atoms with Gasteiger partial charge in [-0.05, 0) is 12.2 Å². The first kappa shape index (κ1) is 8.24. The molecule has 1 nitrogen and oxygen atoms in total. The van der Waals surface area contributed by atoms with Crippen LogP contribution in [0.3, 0.4) is 0 Å². The number of allylic oxidation sites excluding steroid dienone is 4. The Hall–Kier alpha value is -0.760. The molecule has 0 heterocycles. The van der Waals surface area contributed by atoms with Crippen LogP contribution in [0.1, 0.15) is 0 Å². The second-order valence-electron chi connectivity index (χ2n) is 1.35. The first-order valence-corrected chi connectivity index (χ1v) is 2.95. The molecule has 0 saturated heterocycles. The van der Waals surface area contributed by atoms with E-state index in [0.29, 0.717) is 0 Å². The van der Waals surface area contributed by atoms with Gasteiger partial charge in [-0.15, -0.1) is 12.6 Å². The normalized spacial score (nSPS) is 11.9. The first-order valence-electron chi connectivity index (χ1n) is 2.50. The summed E-state index contributed by atoms with van der Waals surface area (Å²) in [7, 11) is 0. The summed E-state index contributed by atoms with van der Waals surface area (Å²) < 4.78 is 0. The van der Waals surface area contributed by atoms with Crippen molar-refractivity contribution in [1.82, 2.24) is 0 Å². The van der Waals surface area contributed by atoms with Gasteiger partial charge in [0.25, 0.3) is 0 Å². The molecule has 0 radical (unpaired) electrons. The fraction of sp³-hybridized carbons (Fsp3) is 0. The molecule has 0 bridgehead atoms. The predicted molar refractivity (Wildman–Crippen MR) is 45.2 cm³/mol.